The molecule has 12 nitrogen and oxygen atoms in total. The Kier molecular flexibility index (Phi) is 7.09. The summed E-state index contributed by atoms with van der Waals surface area (Å²) in [4.78, 5) is 39.8. The first-order valence-corrected chi connectivity index (χ1v) is 12.8. The average molecular weight is 573 g/mol. The maximum absolute atomic E-state index is 13.4. The van der Waals surface area contributed by atoms with Gasteiger partial charge in [0.2, 0.25) is 0 Å². The maximum atomic E-state index is 13.4. The molecule has 38 heavy (non-hydrogen) atoms. The van der Waals surface area contributed by atoms with Gasteiger partial charge in [-0.3, -0.25) is 14.2 Å². The lowest BCUT2D eigenvalue weighted by Gasteiger charge is -2.14. The van der Waals surface area contributed by atoms with Gasteiger partial charge in [-0.05, 0) is 35.8 Å². The van der Waals surface area contributed by atoms with Gasteiger partial charge in [-0.2, -0.15) is 9.78 Å². The smallest absolute Gasteiger partial charge is 0.337 e. The largest absolute Gasteiger partial charge is 0.491 e. The Morgan fingerprint density at radius 2 is 2.03 bits per heavy atom. The summed E-state index contributed by atoms with van der Waals surface area (Å²) in [6.45, 7) is 0.130. The Morgan fingerprint density at radius 1 is 1.18 bits per heavy atom. The van der Waals surface area contributed by atoms with Gasteiger partial charge < -0.3 is 19.7 Å². The van der Waals surface area contributed by atoms with Gasteiger partial charge in [0.15, 0.2) is 23.0 Å². The number of rotatable bonds is 9. The van der Waals surface area contributed by atoms with Crippen molar-refractivity contribution in [1.29, 1.82) is 0 Å². The van der Waals surface area contributed by atoms with E-state index in [1.54, 1.807) is 12.1 Å². The number of pyridine rings is 1. The lowest BCUT2D eigenvalue weighted by atomic mass is 10.1. The van der Waals surface area contributed by atoms with Crippen LogP contribution < -0.4 is 15.6 Å². The predicted octanol–water partition coefficient (Wildman–Crippen LogP) is 3.93. The Hall–Kier alpha value is -4.27. The molecule has 0 saturated heterocycles. The molecule has 0 aromatic carbocycles. The first-order chi connectivity index (χ1) is 18.4. The second kappa shape index (κ2) is 10.6. The van der Waals surface area contributed by atoms with Crippen molar-refractivity contribution in [3.63, 3.8) is 0 Å². The molecule has 5 rings (SSSR count). The monoisotopic (exact) mass is 572 g/mol. The highest BCUT2D eigenvalue weighted by Crippen LogP contribution is 2.39. The van der Waals surface area contributed by atoms with Crippen LogP contribution in [0.25, 0.3) is 11.4 Å². The van der Waals surface area contributed by atoms with Crippen molar-refractivity contribution in [1.82, 2.24) is 23.9 Å². The molecular weight excluding hydrogens is 556 g/mol. The van der Waals surface area contributed by atoms with E-state index in [9.17, 15) is 19.5 Å². The second-order valence-corrected chi connectivity index (χ2v) is 10.3. The third-order valence-electron chi connectivity index (χ3n) is 5.39. The third kappa shape index (κ3) is 4.83. The van der Waals surface area contributed by atoms with Crippen LogP contribution >= 0.6 is 34.5 Å². The van der Waals surface area contributed by atoms with Crippen molar-refractivity contribution < 1.29 is 24.0 Å². The van der Waals surface area contributed by atoms with E-state index in [1.165, 1.54) is 47.5 Å². The van der Waals surface area contributed by atoms with E-state index in [1.807, 2.05) is 6.07 Å². The van der Waals surface area contributed by atoms with Gasteiger partial charge in [-0.15, -0.1) is 11.3 Å². The molecule has 0 bridgehead atoms. The zero-order valence-electron chi connectivity index (χ0n) is 19.5. The number of hydrogen-bond acceptors (Lipinski definition) is 11. The molecule has 0 atom stereocenters. The van der Waals surface area contributed by atoms with Crippen molar-refractivity contribution in [3.05, 3.63) is 84.6 Å². The molecule has 5 aromatic rings. The van der Waals surface area contributed by atoms with Crippen LogP contribution in [0.2, 0.25) is 4.34 Å². The lowest BCUT2D eigenvalue weighted by molar-refractivity contribution is 0.0696. The van der Waals surface area contributed by atoms with Crippen LogP contribution in [0.5, 0.6) is 5.75 Å². The number of nitrogens with zero attached hydrogens (tertiary/aromatic N) is 5. The van der Waals surface area contributed by atoms with Crippen molar-refractivity contribution in [2.75, 3.05) is 12.4 Å². The third-order valence-corrected chi connectivity index (χ3v) is 7.36. The van der Waals surface area contributed by atoms with Crippen LogP contribution in [0.4, 0.5) is 5.82 Å². The fourth-order valence-corrected chi connectivity index (χ4v) is 5.29. The summed E-state index contributed by atoms with van der Waals surface area (Å²) >= 11 is 8.38. The second-order valence-electron chi connectivity index (χ2n) is 7.69. The van der Waals surface area contributed by atoms with Crippen LogP contribution in [0.1, 0.15) is 30.7 Å². The van der Waals surface area contributed by atoms with Crippen LogP contribution in [-0.4, -0.2) is 48.0 Å². The first-order valence-electron chi connectivity index (χ1n) is 10.8. The van der Waals surface area contributed by atoms with Gasteiger partial charge in [-0.1, -0.05) is 16.8 Å². The Bertz CT molecular complexity index is 1670. The summed E-state index contributed by atoms with van der Waals surface area (Å²) in [5, 5.41) is 21.3. The van der Waals surface area contributed by atoms with E-state index >= 15 is 0 Å². The number of hydrogen-bond donors (Lipinski definition) is 2. The number of thiophene rings is 1. The minimum atomic E-state index is -1.31. The Morgan fingerprint density at radius 3 is 2.66 bits per heavy atom. The van der Waals surface area contributed by atoms with E-state index < -0.39 is 17.4 Å². The van der Waals surface area contributed by atoms with Gasteiger partial charge in [0.05, 0.1) is 42.0 Å². The van der Waals surface area contributed by atoms with Gasteiger partial charge in [0.25, 0.3) is 11.5 Å². The molecule has 194 valence electrons. The highest BCUT2D eigenvalue weighted by Gasteiger charge is 2.30. The highest BCUT2D eigenvalue weighted by molar-refractivity contribution is 7.16. The molecule has 2 N–H and O–H groups in total. The van der Waals surface area contributed by atoms with E-state index in [0.29, 0.717) is 10.1 Å². The molecular formula is C23H17ClN6O6S2. The molecule has 0 aliphatic carbocycles. The zero-order chi connectivity index (χ0) is 26.8. The molecule has 0 unspecified atom stereocenters. The number of halogens is 1. The molecule has 0 amide bonds. The standard InChI is InChI=1S/C23H17ClN6O6S2/c1-35-20-18(19-14(23(33)34)3-5-17(31)29(19)11-12-6-8-26-36-12)28-30(22(32)15-7-9-27-38-15)21(20)25-10-13-2-4-16(24)37-13/h2-9,25H,10-11H2,1H3,(H,33,34). The van der Waals surface area contributed by atoms with Gasteiger partial charge in [0, 0.05) is 23.2 Å². The van der Waals surface area contributed by atoms with Gasteiger partial charge >= 0.3 is 5.97 Å². The number of anilines is 1. The maximum Gasteiger partial charge on any atom is 0.337 e. The fraction of sp³-hybridized carbons (Fsp3) is 0.130. The summed E-state index contributed by atoms with van der Waals surface area (Å²) in [5.41, 5.74) is -0.855. The van der Waals surface area contributed by atoms with Crippen LogP contribution in [0, 0.1) is 0 Å². The summed E-state index contributed by atoms with van der Waals surface area (Å²) in [7, 11) is 1.36. The van der Waals surface area contributed by atoms with Gasteiger partial charge in [0.1, 0.15) is 4.88 Å². The molecule has 0 radical (unpaired) electrons. The first kappa shape index (κ1) is 25.4. The number of aromatic nitrogens is 5. The number of carboxylic acid groups (broad SMARTS) is 1. The van der Waals surface area contributed by atoms with Crippen molar-refractivity contribution in [3.8, 4) is 17.1 Å². The molecule has 0 aliphatic rings. The highest BCUT2D eigenvalue weighted by atomic mass is 35.5. The Balaban J connectivity index is 1.72. The van der Waals surface area contributed by atoms with Crippen LogP contribution in [-0.2, 0) is 13.1 Å². The molecule has 5 aromatic heterocycles. The number of methoxy groups -OCH3 is 1. The van der Waals surface area contributed by atoms with Crippen LogP contribution in [0.3, 0.4) is 0 Å². The predicted molar refractivity (Wildman–Crippen MR) is 140 cm³/mol. The SMILES string of the molecule is COc1c(-c2c(C(=O)O)ccc(=O)n2Cc2ccno2)nn(C(=O)c2ccns2)c1NCc1ccc(Cl)s1. The van der Waals surface area contributed by atoms with E-state index in [-0.39, 0.29) is 46.5 Å². The lowest BCUT2D eigenvalue weighted by Crippen LogP contribution is -2.24. The van der Waals surface area contributed by atoms with Crippen molar-refractivity contribution >= 4 is 52.2 Å². The summed E-state index contributed by atoms with van der Waals surface area (Å²) in [6.07, 6.45) is 2.89. The average Bonchev–Trinajstić information content (AvgIpc) is 3.70. The quantitative estimate of drug-likeness (QED) is 0.265. The van der Waals surface area contributed by atoms with Crippen molar-refractivity contribution in [2.45, 2.75) is 13.1 Å². The molecule has 0 aliphatic heterocycles. The molecule has 5 heterocycles. The van der Waals surface area contributed by atoms with E-state index in [2.05, 4.69) is 19.9 Å². The number of carboxylic acids is 1. The van der Waals surface area contributed by atoms with Crippen LogP contribution in [0.15, 0.2) is 58.1 Å². The zero-order valence-corrected chi connectivity index (χ0v) is 21.8. The van der Waals surface area contributed by atoms with Gasteiger partial charge in [-0.25, -0.2) is 9.17 Å². The van der Waals surface area contributed by atoms with Crippen molar-refractivity contribution in [2.24, 2.45) is 0 Å². The fourth-order valence-electron chi connectivity index (χ4n) is 3.75. The molecule has 0 fully saturated rings. The molecule has 15 heteroatoms. The topological polar surface area (TPSA) is 154 Å². The number of carbonyl (C=O) groups excluding carboxylic acids is 1. The summed E-state index contributed by atoms with van der Waals surface area (Å²) < 4.78 is 17.6. The van der Waals surface area contributed by atoms with E-state index in [4.69, 9.17) is 20.9 Å². The van der Waals surface area contributed by atoms with E-state index in [0.717, 1.165) is 27.2 Å². The summed E-state index contributed by atoms with van der Waals surface area (Å²) in [6, 6.07) is 8.97. The summed E-state index contributed by atoms with van der Waals surface area (Å²) in [5.74, 6) is -1.31. The minimum absolute atomic E-state index is 0.0355. The Labute approximate surface area is 226 Å². The number of aromatic carboxylic acids is 1. The number of carbonyl (C=O) groups is 2. The molecule has 0 saturated carbocycles. The minimum Gasteiger partial charge on any atom is -0.491 e. The normalized spacial score (nSPS) is 11.0. The molecule has 0 spiro atoms. The number of ether oxygens (including phenoxy) is 1. The number of nitrogens with one attached hydrogen (secondary N) is 1.